The summed E-state index contributed by atoms with van der Waals surface area (Å²) in [5.74, 6) is 0.727. The van der Waals surface area contributed by atoms with Crippen molar-refractivity contribution in [3.8, 4) is 11.5 Å². The highest BCUT2D eigenvalue weighted by atomic mass is 32.2. The quantitative estimate of drug-likeness (QED) is 0.529. The standard InChI is InChI=1S/C26H28N2O4S/c1-7-28-22-10-8-9-11-24(22)32-23-13-12-20(14-21(23)26(28)29)27-33(30,31)25-18(5)16(3)15(2)17(4)19(25)6/h8-14,27H,7H2,1-6H3. The minimum absolute atomic E-state index is 0.243. The number of para-hydroxylation sites is 2. The molecule has 1 aliphatic rings. The van der Waals surface area contributed by atoms with E-state index in [9.17, 15) is 13.2 Å². The number of amides is 1. The van der Waals surface area contributed by atoms with E-state index >= 15 is 0 Å². The number of carbonyl (C=O) groups excluding carboxylic acids is 1. The minimum atomic E-state index is -3.88. The van der Waals surface area contributed by atoms with Crippen molar-refractivity contribution in [3.63, 3.8) is 0 Å². The minimum Gasteiger partial charge on any atom is -0.454 e. The van der Waals surface area contributed by atoms with Crippen LogP contribution in [0.2, 0.25) is 0 Å². The second-order valence-electron chi connectivity index (χ2n) is 8.39. The molecule has 172 valence electrons. The molecule has 0 atom stereocenters. The molecule has 33 heavy (non-hydrogen) atoms. The van der Waals surface area contributed by atoms with Gasteiger partial charge in [0.1, 0.15) is 5.75 Å². The molecule has 1 heterocycles. The van der Waals surface area contributed by atoms with Crippen LogP contribution in [0.3, 0.4) is 0 Å². The van der Waals surface area contributed by atoms with Gasteiger partial charge in [-0.15, -0.1) is 0 Å². The van der Waals surface area contributed by atoms with Gasteiger partial charge in [-0.2, -0.15) is 0 Å². The largest absolute Gasteiger partial charge is 0.454 e. The summed E-state index contributed by atoms with van der Waals surface area (Å²) in [5.41, 5.74) is 5.76. The Morgan fingerprint density at radius 3 is 2.09 bits per heavy atom. The van der Waals surface area contributed by atoms with Crippen molar-refractivity contribution in [3.05, 3.63) is 75.8 Å². The Hall–Kier alpha value is -3.32. The first-order valence-corrected chi connectivity index (χ1v) is 12.4. The number of hydrogen-bond donors (Lipinski definition) is 1. The number of benzene rings is 3. The maximum atomic E-state index is 13.4. The molecule has 0 fully saturated rings. The van der Waals surface area contributed by atoms with E-state index in [0.717, 1.165) is 27.8 Å². The molecule has 3 aromatic carbocycles. The summed E-state index contributed by atoms with van der Waals surface area (Å²) in [4.78, 5) is 15.2. The SMILES string of the molecule is CCN1C(=O)c2cc(NS(=O)(=O)c3c(C)c(C)c(C)c(C)c3C)ccc2Oc2ccccc21. The summed E-state index contributed by atoms with van der Waals surface area (Å²) in [6.07, 6.45) is 0. The van der Waals surface area contributed by atoms with Gasteiger partial charge < -0.3 is 9.64 Å². The first kappa shape index (κ1) is 22.9. The predicted molar refractivity (Wildman–Crippen MR) is 131 cm³/mol. The second kappa shape index (κ2) is 8.23. The average molecular weight is 465 g/mol. The molecule has 0 bridgehead atoms. The molecule has 6 nitrogen and oxygen atoms in total. The van der Waals surface area contributed by atoms with Crippen LogP contribution in [0.1, 0.15) is 45.1 Å². The number of nitrogens with zero attached hydrogens (tertiary/aromatic N) is 1. The van der Waals surface area contributed by atoms with Crippen molar-refractivity contribution in [2.45, 2.75) is 46.4 Å². The van der Waals surface area contributed by atoms with Crippen molar-refractivity contribution in [1.82, 2.24) is 0 Å². The van der Waals surface area contributed by atoms with Gasteiger partial charge in [-0.3, -0.25) is 9.52 Å². The van der Waals surface area contributed by atoms with Crippen molar-refractivity contribution >= 4 is 27.3 Å². The number of rotatable bonds is 4. The number of nitrogens with one attached hydrogen (secondary N) is 1. The molecule has 4 rings (SSSR count). The van der Waals surface area contributed by atoms with Crippen molar-refractivity contribution in [2.75, 3.05) is 16.2 Å². The molecule has 7 heteroatoms. The smallest absolute Gasteiger partial charge is 0.262 e. The highest BCUT2D eigenvalue weighted by Crippen LogP contribution is 2.40. The fourth-order valence-electron chi connectivity index (χ4n) is 4.38. The molecule has 0 aliphatic carbocycles. The summed E-state index contributed by atoms with van der Waals surface area (Å²) in [6, 6.07) is 12.1. The van der Waals surface area contributed by atoms with Gasteiger partial charge in [-0.05, 0) is 99.7 Å². The first-order valence-electron chi connectivity index (χ1n) is 10.9. The zero-order chi connectivity index (χ0) is 24.1. The predicted octanol–water partition coefficient (Wildman–Crippen LogP) is 5.80. The molecule has 0 saturated carbocycles. The molecule has 0 unspecified atom stereocenters. The van der Waals surface area contributed by atoms with Gasteiger partial charge in [0.25, 0.3) is 15.9 Å². The third kappa shape index (κ3) is 3.76. The van der Waals surface area contributed by atoms with E-state index < -0.39 is 10.0 Å². The molecule has 0 saturated heterocycles. The third-order valence-corrected chi connectivity index (χ3v) is 8.25. The Morgan fingerprint density at radius 1 is 0.848 bits per heavy atom. The summed E-state index contributed by atoms with van der Waals surface area (Å²) in [5, 5.41) is 0. The Kier molecular flexibility index (Phi) is 5.70. The molecular weight excluding hydrogens is 436 g/mol. The van der Waals surface area contributed by atoms with Crippen LogP contribution in [0.25, 0.3) is 0 Å². The summed E-state index contributed by atoms with van der Waals surface area (Å²) >= 11 is 0. The van der Waals surface area contributed by atoms with Crippen LogP contribution in [-0.2, 0) is 10.0 Å². The zero-order valence-electron chi connectivity index (χ0n) is 19.7. The van der Waals surface area contributed by atoms with E-state index in [1.165, 1.54) is 0 Å². The van der Waals surface area contributed by atoms with Crippen molar-refractivity contribution in [1.29, 1.82) is 0 Å². The first-order chi connectivity index (χ1) is 15.6. The van der Waals surface area contributed by atoms with Gasteiger partial charge in [0, 0.05) is 12.2 Å². The van der Waals surface area contributed by atoms with Gasteiger partial charge in [0.05, 0.1) is 16.1 Å². The van der Waals surface area contributed by atoms with E-state index in [1.807, 2.05) is 65.8 Å². The molecule has 0 aromatic heterocycles. The number of carbonyl (C=O) groups is 1. The summed E-state index contributed by atoms with van der Waals surface area (Å²) in [6.45, 7) is 11.9. The number of ether oxygens (including phenoxy) is 1. The zero-order valence-corrected chi connectivity index (χ0v) is 20.6. The second-order valence-corrected chi connectivity index (χ2v) is 10.0. The van der Waals surface area contributed by atoms with Crippen LogP contribution in [-0.4, -0.2) is 20.9 Å². The van der Waals surface area contributed by atoms with Gasteiger partial charge in [0.2, 0.25) is 0 Å². The lowest BCUT2D eigenvalue weighted by atomic mass is 9.95. The maximum absolute atomic E-state index is 13.4. The normalized spacial score (nSPS) is 13.2. The van der Waals surface area contributed by atoms with Gasteiger partial charge >= 0.3 is 0 Å². The lowest BCUT2D eigenvalue weighted by molar-refractivity contribution is 0.0988. The van der Waals surface area contributed by atoms with E-state index in [4.69, 9.17) is 4.74 Å². The number of sulfonamides is 1. The van der Waals surface area contributed by atoms with E-state index in [1.54, 1.807) is 23.1 Å². The highest BCUT2D eigenvalue weighted by Gasteiger charge is 2.29. The van der Waals surface area contributed by atoms with E-state index in [-0.39, 0.29) is 10.8 Å². The van der Waals surface area contributed by atoms with E-state index in [0.29, 0.717) is 35.0 Å². The van der Waals surface area contributed by atoms with Crippen LogP contribution in [0.5, 0.6) is 11.5 Å². The molecule has 1 N–H and O–H groups in total. The maximum Gasteiger partial charge on any atom is 0.262 e. The Morgan fingerprint density at radius 2 is 1.45 bits per heavy atom. The summed E-state index contributed by atoms with van der Waals surface area (Å²) in [7, 11) is -3.88. The number of anilines is 2. The van der Waals surface area contributed by atoms with Crippen molar-refractivity contribution in [2.24, 2.45) is 0 Å². The average Bonchev–Trinajstić information content (AvgIpc) is 2.89. The monoisotopic (exact) mass is 464 g/mol. The van der Waals surface area contributed by atoms with Crippen molar-refractivity contribution < 1.29 is 17.9 Å². The topological polar surface area (TPSA) is 75.7 Å². The Bertz CT molecular complexity index is 1360. The van der Waals surface area contributed by atoms with Gasteiger partial charge in [0.15, 0.2) is 5.75 Å². The van der Waals surface area contributed by atoms with Crippen LogP contribution >= 0.6 is 0 Å². The Labute approximate surface area is 195 Å². The Balaban J connectivity index is 1.77. The van der Waals surface area contributed by atoms with Crippen LogP contribution in [0, 0.1) is 34.6 Å². The van der Waals surface area contributed by atoms with Gasteiger partial charge in [-0.1, -0.05) is 12.1 Å². The fraction of sp³-hybridized carbons (Fsp3) is 0.269. The van der Waals surface area contributed by atoms with Crippen LogP contribution in [0.4, 0.5) is 11.4 Å². The van der Waals surface area contributed by atoms with E-state index in [2.05, 4.69) is 4.72 Å². The number of hydrogen-bond acceptors (Lipinski definition) is 4. The summed E-state index contributed by atoms with van der Waals surface area (Å²) < 4.78 is 35.6. The lowest BCUT2D eigenvalue weighted by Crippen LogP contribution is -2.29. The third-order valence-electron chi connectivity index (χ3n) is 6.60. The molecule has 1 aliphatic heterocycles. The number of fused-ring (bicyclic) bond motifs is 2. The molecular formula is C26H28N2O4S. The molecule has 3 aromatic rings. The lowest BCUT2D eigenvalue weighted by Gasteiger charge is -2.20. The van der Waals surface area contributed by atoms with Crippen LogP contribution in [0.15, 0.2) is 47.4 Å². The van der Waals surface area contributed by atoms with Gasteiger partial charge in [-0.25, -0.2) is 8.42 Å². The molecule has 0 radical (unpaired) electrons. The molecule has 1 amide bonds. The van der Waals surface area contributed by atoms with Crippen LogP contribution < -0.4 is 14.4 Å². The molecule has 0 spiro atoms. The fourth-order valence-corrected chi connectivity index (χ4v) is 6.03. The highest BCUT2D eigenvalue weighted by molar-refractivity contribution is 7.92.